The summed E-state index contributed by atoms with van der Waals surface area (Å²) in [5, 5.41) is 8.60. The number of hydrogen-bond donors (Lipinski definition) is 0. The second-order valence-corrected chi connectivity index (χ2v) is 4.53. The average Bonchev–Trinajstić information content (AvgIpc) is 1.85. The lowest BCUT2D eigenvalue weighted by Crippen LogP contribution is -2.19. The van der Waals surface area contributed by atoms with Gasteiger partial charge in [0.15, 0.2) is 0 Å². The van der Waals surface area contributed by atoms with Gasteiger partial charge in [0.2, 0.25) is 0 Å². The summed E-state index contributed by atoms with van der Waals surface area (Å²) in [7, 11) is 0. The van der Waals surface area contributed by atoms with Crippen LogP contribution in [-0.2, 0) is 0 Å². The topological polar surface area (TPSA) is 23.8 Å². The molecule has 0 saturated heterocycles. The van der Waals surface area contributed by atoms with E-state index in [1.54, 1.807) is 0 Å². The van der Waals surface area contributed by atoms with Gasteiger partial charge in [-0.05, 0) is 24.7 Å². The summed E-state index contributed by atoms with van der Waals surface area (Å²) in [6.07, 6.45) is 1.01. The maximum atomic E-state index is 8.60. The zero-order valence-electron chi connectivity index (χ0n) is 8.31. The second-order valence-electron chi connectivity index (χ2n) is 4.53. The first-order valence-corrected chi connectivity index (χ1v) is 4.27. The predicted octanol–water partition coefficient (Wildman–Crippen LogP) is 3.22. The minimum Gasteiger partial charge on any atom is -0.198 e. The lowest BCUT2D eigenvalue weighted by atomic mass is 9.78. The van der Waals surface area contributed by atoms with Gasteiger partial charge >= 0.3 is 0 Å². The Bertz CT molecular complexity index is 147. The molecule has 0 aromatic rings. The molecule has 0 N–H and O–H groups in total. The van der Waals surface area contributed by atoms with E-state index in [9.17, 15) is 0 Å². The Morgan fingerprint density at radius 3 is 2.00 bits per heavy atom. The van der Waals surface area contributed by atoms with E-state index in [0.717, 1.165) is 6.42 Å². The van der Waals surface area contributed by atoms with E-state index in [-0.39, 0.29) is 5.92 Å². The molecule has 2 unspecified atom stereocenters. The van der Waals surface area contributed by atoms with Gasteiger partial charge in [-0.2, -0.15) is 5.26 Å². The molecule has 2 atom stereocenters. The summed E-state index contributed by atoms with van der Waals surface area (Å²) in [5.41, 5.74) is 0.338. The summed E-state index contributed by atoms with van der Waals surface area (Å²) < 4.78 is 0. The molecule has 0 rings (SSSR count). The van der Waals surface area contributed by atoms with Crippen LogP contribution in [0.4, 0.5) is 0 Å². The van der Waals surface area contributed by atoms with Crippen LogP contribution in [0.1, 0.15) is 41.0 Å². The van der Waals surface area contributed by atoms with Crippen LogP contribution < -0.4 is 0 Å². The van der Waals surface area contributed by atoms with Crippen molar-refractivity contribution in [3.8, 4) is 6.07 Å². The molecule has 0 aliphatic carbocycles. The molecule has 0 aliphatic heterocycles. The van der Waals surface area contributed by atoms with Crippen molar-refractivity contribution < 1.29 is 0 Å². The van der Waals surface area contributed by atoms with Gasteiger partial charge in [-0.15, -0.1) is 0 Å². The Labute approximate surface area is 70.4 Å². The minimum atomic E-state index is 0.198. The van der Waals surface area contributed by atoms with Crippen molar-refractivity contribution in [3.63, 3.8) is 0 Å². The quantitative estimate of drug-likeness (QED) is 0.597. The van der Waals surface area contributed by atoms with Crippen molar-refractivity contribution in [2.75, 3.05) is 0 Å². The first-order chi connectivity index (χ1) is 4.88. The lowest BCUT2D eigenvalue weighted by Gasteiger charge is -2.27. The Kier molecular flexibility index (Phi) is 3.58. The summed E-state index contributed by atoms with van der Waals surface area (Å²) in [5.74, 6) is 0.821. The summed E-state index contributed by atoms with van der Waals surface area (Å²) in [6, 6.07) is 2.27. The van der Waals surface area contributed by atoms with Crippen molar-refractivity contribution >= 4 is 0 Å². The minimum absolute atomic E-state index is 0.198. The lowest BCUT2D eigenvalue weighted by molar-refractivity contribution is 0.232. The first-order valence-electron chi connectivity index (χ1n) is 4.27. The van der Waals surface area contributed by atoms with Crippen molar-refractivity contribution in [2.45, 2.75) is 41.0 Å². The van der Waals surface area contributed by atoms with Crippen LogP contribution in [0.5, 0.6) is 0 Å². The molecule has 0 heterocycles. The fourth-order valence-electron chi connectivity index (χ4n) is 0.937. The normalized spacial score (nSPS) is 17.1. The van der Waals surface area contributed by atoms with Crippen molar-refractivity contribution in [2.24, 2.45) is 17.3 Å². The largest absolute Gasteiger partial charge is 0.198 e. The summed E-state index contributed by atoms with van der Waals surface area (Å²) in [6.45, 7) is 10.9. The molecule has 64 valence electrons. The molecule has 0 amide bonds. The zero-order chi connectivity index (χ0) is 9.07. The van der Waals surface area contributed by atoms with E-state index in [4.69, 9.17) is 5.26 Å². The standard InChI is InChI=1S/C10H19N/c1-8(7-11)6-9(2)10(3,4)5/h8-9H,6H2,1-5H3. The Balaban J connectivity index is 3.90. The fraction of sp³-hybridized carbons (Fsp3) is 0.900. The number of rotatable bonds is 2. The van der Waals surface area contributed by atoms with Gasteiger partial charge in [0.05, 0.1) is 6.07 Å². The summed E-state index contributed by atoms with van der Waals surface area (Å²) in [4.78, 5) is 0. The number of nitrogens with zero attached hydrogens (tertiary/aromatic N) is 1. The molecule has 0 aliphatic rings. The second kappa shape index (κ2) is 3.76. The molecular formula is C10H19N. The zero-order valence-corrected chi connectivity index (χ0v) is 8.31. The highest BCUT2D eigenvalue weighted by molar-refractivity contribution is 4.82. The number of nitriles is 1. The van der Waals surface area contributed by atoms with Crippen molar-refractivity contribution in [3.05, 3.63) is 0 Å². The van der Waals surface area contributed by atoms with Gasteiger partial charge in [0, 0.05) is 5.92 Å². The van der Waals surface area contributed by atoms with Gasteiger partial charge in [-0.3, -0.25) is 0 Å². The molecular weight excluding hydrogens is 134 g/mol. The van der Waals surface area contributed by atoms with Crippen molar-refractivity contribution in [1.82, 2.24) is 0 Å². The van der Waals surface area contributed by atoms with Gasteiger partial charge in [0.25, 0.3) is 0 Å². The van der Waals surface area contributed by atoms with Gasteiger partial charge in [-0.1, -0.05) is 27.7 Å². The maximum absolute atomic E-state index is 8.60. The Morgan fingerprint density at radius 2 is 1.73 bits per heavy atom. The molecule has 1 heteroatoms. The van der Waals surface area contributed by atoms with Crippen LogP contribution in [0.2, 0.25) is 0 Å². The number of hydrogen-bond acceptors (Lipinski definition) is 1. The Morgan fingerprint density at radius 1 is 1.27 bits per heavy atom. The fourth-order valence-corrected chi connectivity index (χ4v) is 0.937. The molecule has 1 nitrogen and oxygen atoms in total. The highest BCUT2D eigenvalue weighted by Gasteiger charge is 2.21. The molecule has 0 saturated carbocycles. The van der Waals surface area contributed by atoms with E-state index < -0.39 is 0 Å². The molecule has 0 aromatic heterocycles. The SMILES string of the molecule is CC(C#N)CC(C)C(C)(C)C. The van der Waals surface area contributed by atoms with E-state index in [2.05, 4.69) is 33.8 Å². The van der Waals surface area contributed by atoms with Gasteiger partial charge in [0.1, 0.15) is 0 Å². The van der Waals surface area contributed by atoms with E-state index in [1.807, 2.05) is 6.92 Å². The molecule has 0 aromatic carbocycles. The molecule has 0 bridgehead atoms. The smallest absolute Gasteiger partial charge is 0.0652 e. The van der Waals surface area contributed by atoms with Crippen LogP contribution in [0.3, 0.4) is 0 Å². The maximum Gasteiger partial charge on any atom is 0.0652 e. The van der Waals surface area contributed by atoms with Gasteiger partial charge < -0.3 is 0 Å². The van der Waals surface area contributed by atoms with E-state index >= 15 is 0 Å². The van der Waals surface area contributed by atoms with Crippen molar-refractivity contribution in [1.29, 1.82) is 5.26 Å². The third kappa shape index (κ3) is 4.03. The van der Waals surface area contributed by atoms with Crippen LogP contribution in [0.25, 0.3) is 0 Å². The molecule has 0 spiro atoms. The van der Waals surface area contributed by atoms with Gasteiger partial charge in [-0.25, -0.2) is 0 Å². The van der Waals surface area contributed by atoms with E-state index in [0.29, 0.717) is 11.3 Å². The highest BCUT2D eigenvalue weighted by atomic mass is 14.3. The third-order valence-electron chi connectivity index (χ3n) is 2.41. The van der Waals surface area contributed by atoms with Crippen LogP contribution in [0, 0.1) is 28.6 Å². The van der Waals surface area contributed by atoms with Crippen LogP contribution >= 0.6 is 0 Å². The van der Waals surface area contributed by atoms with E-state index in [1.165, 1.54) is 0 Å². The van der Waals surface area contributed by atoms with Crippen LogP contribution in [-0.4, -0.2) is 0 Å². The summed E-state index contributed by atoms with van der Waals surface area (Å²) >= 11 is 0. The first kappa shape index (κ1) is 10.5. The predicted molar refractivity (Wildman–Crippen MR) is 48.0 cm³/mol. The van der Waals surface area contributed by atoms with Crippen LogP contribution in [0.15, 0.2) is 0 Å². The molecule has 0 fully saturated rings. The average molecular weight is 153 g/mol. The monoisotopic (exact) mass is 153 g/mol. The molecule has 0 radical (unpaired) electrons. The molecule has 11 heavy (non-hydrogen) atoms. The third-order valence-corrected chi connectivity index (χ3v) is 2.41. The Hall–Kier alpha value is -0.510. The highest BCUT2D eigenvalue weighted by Crippen LogP contribution is 2.30.